The quantitative estimate of drug-likeness (QED) is 0.563. The van der Waals surface area contributed by atoms with E-state index in [1.807, 2.05) is 0 Å². The summed E-state index contributed by atoms with van der Waals surface area (Å²) < 4.78 is 0. The summed E-state index contributed by atoms with van der Waals surface area (Å²) in [5.74, 6) is 0. The molecule has 0 aliphatic heterocycles. The van der Waals surface area contributed by atoms with Crippen molar-refractivity contribution in [2.75, 3.05) is 0 Å². The van der Waals surface area contributed by atoms with Crippen molar-refractivity contribution in [3.05, 3.63) is 34.9 Å². The van der Waals surface area contributed by atoms with Crippen molar-refractivity contribution in [2.24, 2.45) is 5.73 Å². The van der Waals surface area contributed by atoms with Crippen LogP contribution >= 0.6 is 11.6 Å². The van der Waals surface area contributed by atoms with Crippen LogP contribution in [-0.2, 0) is 6.54 Å². The highest BCUT2D eigenvalue weighted by Gasteiger charge is 2.08. The van der Waals surface area contributed by atoms with Gasteiger partial charge in [0.1, 0.15) is 0 Å². The van der Waals surface area contributed by atoms with Crippen molar-refractivity contribution in [1.29, 1.82) is 0 Å². The van der Waals surface area contributed by atoms with E-state index in [2.05, 4.69) is 0 Å². The zero-order valence-corrected chi connectivity index (χ0v) is 7.53. The second-order valence-corrected chi connectivity index (χ2v) is 2.89. The summed E-state index contributed by atoms with van der Waals surface area (Å²) in [6, 6.07) is 5.99. The molecule has 0 spiro atoms. The summed E-state index contributed by atoms with van der Waals surface area (Å²) in [4.78, 5) is 10.5. The van der Waals surface area contributed by atoms with E-state index in [1.165, 1.54) is 0 Å². The van der Waals surface area contributed by atoms with Gasteiger partial charge in [-0.1, -0.05) is 29.8 Å². The number of halogens is 1. The Morgan fingerprint density at radius 1 is 1.54 bits per heavy atom. The van der Waals surface area contributed by atoms with Gasteiger partial charge in [0.05, 0.1) is 6.54 Å². The minimum absolute atomic E-state index is 0.00495. The molecular weight excluding hydrogens is 192 g/mol. The average Bonchev–Trinajstić information content (AvgIpc) is 2.08. The maximum Gasteiger partial charge on any atom is 0.338 e. The molecule has 0 fully saturated rings. The van der Waals surface area contributed by atoms with Crippen molar-refractivity contribution in [3.63, 3.8) is 0 Å². The number of primary amides is 1. The third-order valence-electron chi connectivity index (χ3n) is 1.53. The summed E-state index contributed by atoms with van der Waals surface area (Å²) in [5, 5.41) is 9.90. The van der Waals surface area contributed by atoms with Crippen LogP contribution in [0.3, 0.4) is 0 Å². The summed E-state index contributed by atoms with van der Waals surface area (Å²) in [7, 11) is 0. The molecule has 0 unspecified atom stereocenters. The number of benzene rings is 1. The molecule has 70 valence electrons. The number of rotatable bonds is 2. The van der Waals surface area contributed by atoms with Crippen LogP contribution in [0, 0.1) is 0 Å². The van der Waals surface area contributed by atoms with Crippen LogP contribution in [0.1, 0.15) is 5.56 Å². The molecule has 0 aromatic heterocycles. The number of hydrogen-bond acceptors (Lipinski definition) is 2. The highest BCUT2D eigenvalue weighted by Crippen LogP contribution is 2.15. The van der Waals surface area contributed by atoms with E-state index in [0.29, 0.717) is 15.6 Å². The Hall–Kier alpha value is -1.26. The SMILES string of the molecule is NC(=O)N(O)Cc1ccccc1Cl. The fourth-order valence-corrected chi connectivity index (χ4v) is 1.06. The smallest absolute Gasteiger partial charge is 0.338 e. The Morgan fingerprint density at radius 3 is 2.69 bits per heavy atom. The summed E-state index contributed by atoms with van der Waals surface area (Å²) in [6.45, 7) is -0.00495. The Kier molecular flexibility index (Phi) is 3.11. The maximum absolute atomic E-state index is 10.5. The van der Waals surface area contributed by atoms with Crippen LogP contribution in [0.15, 0.2) is 24.3 Å². The molecule has 0 aliphatic carbocycles. The first-order valence-corrected chi connectivity index (χ1v) is 3.98. The lowest BCUT2D eigenvalue weighted by molar-refractivity contribution is -0.0470. The van der Waals surface area contributed by atoms with Crippen molar-refractivity contribution >= 4 is 17.6 Å². The molecule has 13 heavy (non-hydrogen) atoms. The van der Waals surface area contributed by atoms with Crippen molar-refractivity contribution in [1.82, 2.24) is 5.06 Å². The molecule has 0 saturated carbocycles. The van der Waals surface area contributed by atoms with Crippen molar-refractivity contribution in [3.8, 4) is 0 Å². The highest BCUT2D eigenvalue weighted by atomic mass is 35.5. The monoisotopic (exact) mass is 200 g/mol. The van der Waals surface area contributed by atoms with Crippen molar-refractivity contribution in [2.45, 2.75) is 6.54 Å². The van der Waals surface area contributed by atoms with Gasteiger partial charge in [0.25, 0.3) is 0 Å². The van der Waals surface area contributed by atoms with E-state index in [0.717, 1.165) is 0 Å². The molecule has 0 heterocycles. The molecule has 2 amide bonds. The van der Waals surface area contributed by atoms with Gasteiger partial charge < -0.3 is 5.73 Å². The van der Waals surface area contributed by atoms with Gasteiger partial charge in [-0.25, -0.2) is 9.86 Å². The van der Waals surface area contributed by atoms with Crippen LogP contribution in [0.4, 0.5) is 4.79 Å². The fourth-order valence-electron chi connectivity index (χ4n) is 0.866. The molecule has 0 aliphatic rings. The predicted octanol–water partition coefficient (Wildman–Crippen LogP) is 1.61. The van der Waals surface area contributed by atoms with Crippen molar-refractivity contribution < 1.29 is 10.0 Å². The molecule has 1 aromatic rings. The minimum Gasteiger partial charge on any atom is -0.350 e. The molecule has 0 bridgehead atoms. The number of carbonyl (C=O) groups is 1. The van der Waals surface area contributed by atoms with Crippen LogP contribution < -0.4 is 5.73 Å². The van der Waals surface area contributed by atoms with E-state index in [1.54, 1.807) is 24.3 Å². The summed E-state index contributed by atoms with van der Waals surface area (Å²) in [6.07, 6.45) is 0. The van der Waals surface area contributed by atoms with Gasteiger partial charge in [0.15, 0.2) is 0 Å². The number of urea groups is 1. The van der Waals surface area contributed by atoms with Gasteiger partial charge >= 0.3 is 6.03 Å². The Morgan fingerprint density at radius 2 is 2.15 bits per heavy atom. The van der Waals surface area contributed by atoms with Gasteiger partial charge in [0.2, 0.25) is 0 Å². The fraction of sp³-hybridized carbons (Fsp3) is 0.125. The minimum atomic E-state index is -0.903. The zero-order valence-electron chi connectivity index (χ0n) is 6.77. The Labute approximate surface area is 80.5 Å². The first kappa shape index (κ1) is 9.83. The molecule has 3 N–H and O–H groups in total. The predicted molar refractivity (Wildman–Crippen MR) is 48.4 cm³/mol. The highest BCUT2D eigenvalue weighted by molar-refractivity contribution is 6.31. The molecule has 5 heteroatoms. The van der Waals surface area contributed by atoms with E-state index in [-0.39, 0.29) is 6.54 Å². The van der Waals surface area contributed by atoms with E-state index < -0.39 is 6.03 Å². The number of amides is 2. The zero-order chi connectivity index (χ0) is 9.84. The van der Waals surface area contributed by atoms with Gasteiger partial charge in [-0.3, -0.25) is 5.21 Å². The molecule has 4 nitrogen and oxygen atoms in total. The van der Waals surface area contributed by atoms with Gasteiger partial charge in [0, 0.05) is 5.02 Å². The van der Waals surface area contributed by atoms with Crippen LogP contribution in [0.5, 0.6) is 0 Å². The number of nitrogens with zero attached hydrogens (tertiary/aromatic N) is 1. The van der Waals surface area contributed by atoms with Gasteiger partial charge in [-0.15, -0.1) is 0 Å². The normalized spacial score (nSPS) is 9.69. The maximum atomic E-state index is 10.5. The summed E-state index contributed by atoms with van der Waals surface area (Å²) in [5.41, 5.74) is 5.47. The van der Waals surface area contributed by atoms with E-state index in [9.17, 15) is 4.79 Å². The summed E-state index contributed by atoms with van der Waals surface area (Å²) >= 11 is 5.78. The standard InChI is InChI=1S/C8H9ClN2O2/c9-7-4-2-1-3-6(7)5-11(13)8(10)12/h1-4,13H,5H2,(H2,10,12). The third kappa shape index (κ3) is 2.61. The van der Waals surface area contributed by atoms with Gasteiger partial charge in [-0.2, -0.15) is 0 Å². The number of carbonyl (C=O) groups excluding carboxylic acids is 1. The Bertz CT molecular complexity index is 317. The van der Waals surface area contributed by atoms with Crippen LogP contribution in [-0.4, -0.2) is 16.3 Å². The molecule has 1 aromatic carbocycles. The first-order chi connectivity index (χ1) is 6.11. The molecule has 0 radical (unpaired) electrons. The number of hydrogen-bond donors (Lipinski definition) is 2. The Balaban J connectivity index is 2.74. The largest absolute Gasteiger partial charge is 0.350 e. The topological polar surface area (TPSA) is 66.6 Å². The van der Waals surface area contributed by atoms with Crippen LogP contribution in [0.25, 0.3) is 0 Å². The molecule has 0 atom stereocenters. The lowest BCUT2D eigenvalue weighted by Crippen LogP contribution is -2.32. The first-order valence-electron chi connectivity index (χ1n) is 3.60. The average molecular weight is 201 g/mol. The molecule has 0 saturated heterocycles. The number of hydroxylamine groups is 2. The molecular formula is C8H9ClN2O2. The lowest BCUT2D eigenvalue weighted by atomic mass is 10.2. The van der Waals surface area contributed by atoms with E-state index in [4.69, 9.17) is 22.5 Å². The molecule has 1 rings (SSSR count). The van der Waals surface area contributed by atoms with Crippen LogP contribution in [0.2, 0.25) is 5.02 Å². The lowest BCUT2D eigenvalue weighted by Gasteiger charge is -2.12. The second-order valence-electron chi connectivity index (χ2n) is 2.49. The third-order valence-corrected chi connectivity index (χ3v) is 1.90. The second kappa shape index (κ2) is 4.11. The number of nitrogens with two attached hydrogens (primary N) is 1. The van der Waals surface area contributed by atoms with Gasteiger partial charge in [-0.05, 0) is 11.6 Å². The van der Waals surface area contributed by atoms with E-state index >= 15 is 0 Å².